The van der Waals surface area contributed by atoms with Gasteiger partial charge in [0.15, 0.2) is 0 Å². The normalized spacial score (nSPS) is 11.4. The van der Waals surface area contributed by atoms with Gasteiger partial charge in [0.1, 0.15) is 10.8 Å². The summed E-state index contributed by atoms with van der Waals surface area (Å²) in [6.07, 6.45) is -4.58. The Morgan fingerprint density at radius 1 is 1.08 bits per heavy atom. The van der Waals surface area contributed by atoms with Crippen LogP contribution in [-0.2, 0) is 6.18 Å². The van der Waals surface area contributed by atoms with E-state index in [9.17, 15) is 18.0 Å². The Morgan fingerprint density at radius 3 is 2.23 bits per heavy atom. The van der Waals surface area contributed by atoms with Crippen molar-refractivity contribution in [3.05, 3.63) is 49.7 Å². The number of benzene rings is 1. The maximum absolute atomic E-state index is 13.0. The molecule has 0 saturated carbocycles. The van der Waals surface area contributed by atoms with Gasteiger partial charge < -0.3 is 10.2 Å². The Morgan fingerprint density at radius 2 is 1.69 bits per heavy atom. The van der Waals surface area contributed by atoms with Crippen molar-refractivity contribution in [3.63, 3.8) is 0 Å². The van der Waals surface area contributed by atoms with E-state index < -0.39 is 17.6 Å². The number of rotatable bonds is 3. The number of carbonyl (C=O) groups excluding carboxylic acids is 1. The lowest BCUT2D eigenvalue weighted by molar-refractivity contribution is -0.137. The molecule has 0 fully saturated rings. The first-order valence-corrected chi connectivity index (χ1v) is 8.34. The smallest absolute Gasteiger partial charge is 0.376 e. The molecule has 1 N–H and O–H groups in total. The number of nitrogens with zero attached hydrogens (tertiary/aromatic N) is 2. The second-order valence-electron chi connectivity index (χ2n) is 5.27. The molecule has 4 nitrogen and oxygen atoms in total. The first-order valence-electron chi connectivity index (χ1n) is 6.83. The second kappa shape index (κ2) is 7.68. The quantitative estimate of drug-likeness (QED) is 0.585. The molecule has 2 rings (SSSR count). The second-order valence-corrected chi connectivity index (χ2v) is 6.76. The molecule has 1 aromatic carbocycles. The number of nitrogens with one attached hydrogen (secondary N) is 1. The van der Waals surface area contributed by atoms with Gasteiger partial charge in [-0.15, -0.1) is 0 Å². The predicted octanol–water partition coefficient (Wildman–Crippen LogP) is 6.03. The van der Waals surface area contributed by atoms with E-state index in [4.69, 9.17) is 46.4 Å². The Balaban J connectivity index is 2.49. The average molecular weight is 447 g/mol. The molecule has 140 valence electrons. The van der Waals surface area contributed by atoms with Crippen LogP contribution in [0.1, 0.15) is 16.1 Å². The highest BCUT2D eigenvalue weighted by Gasteiger charge is 2.31. The molecule has 0 aliphatic heterocycles. The Hall–Kier alpha value is -1.41. The number of pyridine rings is 1. The van der Waals surface area contributed by atoms with Crippen molar-refractivity contribution in [1.29, 1.82) is 0 Å². The molecule has 0 bridgehead atoms. The summed E-state index contributed by atoms with van der Waals surface area (Å²) < 4.78 is 38.9. The van der Waals surface area contributed by atoms with E-state index in [2.05, 4.69) is 10.3 Å². The standard InChI is InChI=1S/C15H10Cl4F3N3O/c1-25(2)8-4-3-6(15(20,21)22)5-7(8)23-14(26)12-10(17)9(16)11(18)13(19)24-12/h3-5H,1-2H3,(H,23,26). The third-order valence-electron chi connectivity index (χ3n) is 3.25. The fraction of sp³-hybridized carbons (Fsp3) is 0.200. The molecule has 2 aromatic rings. The highest BCUT2D eigenvalue weighted by Crippen LogP contribution is 2.38. The summed E-state index contributed by atoms with van der Waals surface area (Å²) in [6, 6.07) is 2.95. The SMILES string of the molecule is CN(C)c1ccc(C(F)(F)F)cc1NC(=O)c1nc(Cl)c(Cl)c(Cl)c1Cl. The number of hydrogen-bond acceptors (Lipinski definition) is 3. The molecule has 11 heteroatoms. The van der Waals surface area contributed by atoms with Crippen LogP contribution in [0.5, 0.6) is 0 Å². The lowest BCUT2D eigenvalue weighted by Crippen LogP contribution is -2.19. The zero-order valence-electron chi connectivity index (χ0n) is 13.2. The van der Waals surface area contributed by atoms with Crippen molar-refractivity contribution in [2.45, 2.75) is 6.18 Å². The molecule has 0 spiro atoms. The van der Waals surface area contributed by atoms with E-state index >= 15 is 0 Å². The highest BCUT2D eigenvalue weighted by atomic mass is 35.5. The van der Waals surface area contributed by atoms with E-state index in [1.54, 1.807) is 14.1 Å². The van der Waals surface area contributed by atoms with Crippen LogP contribution in [0.15, 0.2) is 18.2 Å². The summed E-state index contributed by atoms with van der Waals surface area (Å²) >= 11 is 23.4. The number of anilines is 2. The average Bonchev–Trinajstić information content (AvgIpc) is 2.55. The van der Waals surface area contributed by atoms with Crippen LogP contribution in [0.4, 0.5) is 24.5 Å². The number of hydrogen-bond donors (Lipinski definition) is 1. The van der Waals surface area contributed by atoms with Crippen LogP contribution in [0.3, 0.4) is 0 Å². The summed E-state index contributed by atoms with van der Waals surface area (Å²) in [5, 5.41) is 1.50. The lowest BCUT2D eigenvalue weighted by Gasteiger charge is -2.20. The zero-order valence-corrected chi connectivity index (χ0v) is 16.2. The highest BCUT2D eigenvalue weighted by molar-refractivity contribution is 6.52. The van der Waals surface area contributed by atoms with Crippen LogP contribution in [-0.4, -0.2) is 25.0 Å². The minimum absolute atomic E-state index is 0.0881. The van der Waals surface area contributed by atoms with E-state index in [1.165, 1.54) is 11.0 Å². The van der Waals surface area contributed by atoms with Crippen molar-refractivity contribution >= 4 is 63.7 Å². The van der Waals surface area contributed by atoms with Crippen molar-refractivity contribution < 1.29 is 18.0 Å². The van der Waals surface area contributed by atoms with Crippen molar-refractivity contribution in [1.82, 2.24) is 4.98 Å². The van der Waals surface area contributed by atoms with Crippen LogP contribution in [0, 0.1) is 0 Å². The number of halogens is 7. The van der Waals surface area contributed by atoms with Gasteiger partial charge >= 0.3 is 6.18 Å². The number of carbonyl (C=O) groups is 1. The van der Waals surface area contributed by atoms with Crippen LogP contribution < -0.4 is 10.2 Å². The Bertz CT molecular complexity index is 872. The van der Waals surface area contributed by atoms with E-state index in [1.807, 2.05) is 0 Å². The van der Waals surface area contributed by atoms with Gasteiger partial charge in [0.2, 0.25) is 0 Å². The van der Waals surface area contributed by atoms with E-state index in [0.29, 0.717) is 5.69 Å². The summed E-state index contributed by atoms with van der Waals surface area (Å²) in [5.41, 5.74) is -1.04. The molecule has 26 heavy (non-hydrogen) atoms. The molecule has 0 radical (unpaired) electrons. The van der Waals surface area contributed by atoms with Gasteiger partial charge in [-0.25, -0.2) is 4.98 Å². The van der Waals surface area contributed by atoms with Crippen LogP contribution in [0.25, 0.3) is 0 Å². The first kappa shape index (κ1) is 20.9. The molecule has 1 heterocycles. The monoisotopic (exact) mass is 445 g/mol. The molecular weight excluding hydrogens is 437 g/mol. The molecule has 1 aromatic heterocycles. The summed E-state index contributed by atoms with van der Waals surface area (Å²) in [5.74, 6) is -0.891. The van der Waals surface area contributed by atoms with Gasteiger partial charge in [-0.05, 0) is 18.2 Å². The van der Waals surface area contributed by atoms with Crippen molar-refractivity contribution in [3.8, 4) is 0 Å². The van der Waals surface area contributed by atoms with Gasteiger partial charge in [-0.2, -0.15) is 13.2 Å². The fourth-order valence-electron chi connectivity index (χ4n) is 2.02. The first-order chi connectivity index (χ1) is 11.9. The zero-order chi connectivity index (χ0) is 19.8. The Labute approximate surface area is 166 Å². The molecule has 0 unspecified atom stereocenters. The molecule has 0 aliphatic rings. The van der Waals surface area contributed by atoms with Gasteiger partial charge in [-0.3, -0.25) is 4.79 Å². The predicted molar refractivity (Wildman–Crippen MR) is 98.0 cm³/mol. The number of amides is 1. The summed E-state index contributed by atoms with van der Waals surface area (Å²) in [4.78, 5) is 17.7. The number of aromatic nitrogens is 1. The van der Waals surface area contributed by atoms with Gasteiger partial charge in [0, 0.05) is 14.1 Å². The Kier molecular flexibility index (Phi) is 6.17. The number of alkyl halides is 3. The lowest BCUT2D eigenvalue weighted by atomic mass is 10.1. The van der Waals surface area contributed by atoms with Gasteiger partial charge in [0.05, 0.1) is 32.0 Å². The third kappa shape index (κ3) is 4.28. The van der Waals surface area contributed by atoms with Crippen LogP contribution >= 0.6 is 46.4 Å². The minimum Gasteiger partial charge on any atom is -0.376 e. The van der Waals surface area contributed by atoms with Gasteiger partial charge in [-0.1, -0.05) is 46.4 Å². The van der Waals surface area contributed by atoms with E-state index in [0.717, 1.165) is 12.1 Å². The van der Waals surface area contributed by atoms with Gasteiger partial charge in [0.25, 0.3) is 5.91 Å². The largest absolute Gasteiger partial charge is 0.416 e. The van der Waals surface area contributed by atoms with Crippen LogP contribution in [0.2, 0.25) is 20.2 Å². The maximum Gasteiger partial charge on any atom is 0.416 e. The van der Waals surface area contributed by atoms with Crippen molar-refractivity contribution in [2.75, 3.05) is 24.3 Å². The summed E-state index contributed by atoms with van der Waals surface area (Å²) in [7, 11) is 3.22. The third-order valence-corrected chi connectivity index (χ3v) is 4.93. The fourth-order valence-corrected chi connectivity index (χ4v) is 2.84. The van der Waals surface area contributed by atoms with E-state index in [-0.39, 0.29) is 31.6 Å². The van der Waals surface area contributed by atoms with Crippen molar-refractivity contribution in [2.24, 2.45) is 0 Å². The molecular formula is C15H10Cl4F3N3O. The molecule has 0 aliphatic carbocycles. The molecule has 0 saturated heterocycles. The molecule has 0 atom stereocenters. The summed E-state index contributed by atoms with van der Waals surface area (Å²) in [6.45, 7) is 0. The minimum atomic E-state index is -4.58. The topological polar surface area (TPSA) is 45.2 Å². The molecule has 1 amide bonds. The maximum atomic E-state index is 13.0.